The maximum Gasteiger partial charge on any atom is 0.255 e. The summed E-state index contributed by atoms with van der Waals surface area (Å²) in [7, 11) is 0. The number of fused-ring (bicyclic) bond motifs is 1. The molecule has 0 radical (unpaired) electrons. The van der Waals surface area contributed by atoms with E-state index in [0.29, 0.717) is 24.6 Å². The number of nitrogens with zero attached hydrogens (tertiary/aromatic N) is 2. The van der Waals surface area contributed by atoms with Crippen LogP contribution in [0.25, 0.3) is 0 Å². The fraction of sp³-hybridized carbons (Fsp3) is 0.500. The number of carbonyl (C=O) groups is 3. The minimum Gasteiger partial charge on any atom is -0.369 e. The molecule has 7 heteroatoms. The van der Waals surface area contributed by atoms with Crippen molar-refractivity contribution >= 4 is 23.4 Å². The van der Waals surface area contributed by atoms with Gasteiger partial charge in [-0.15, -0.1) is 0 Å². The molecule has 2 saturated heterocycles. The zero-order valence-corrected chi connectivity index (χ0v) is 14.2. The largest absolute Gasteiger partial charge is 0.369 e. The van der Waals surface area contributed by atoms with Crippen LogP contribution in [0, 0.1) is 0 Å². The average molecular weight is 342 g/mol. The summed E-state index contributed by atoms with van der Waals surface area (Å²) in [5, 5.41) is 5.76. The third-order valence-corrected chi connectivity index (χ3v) is 5.24. The number of piperidine rings is 1. The van der Waals surface area contributed by atoms with Gasteiger partial charge in [-0.1, -0.05) is 0 Å². The van der Waals surface area contributed by atoms with Gasteiger partial charge in [0, 0.05) is 49.9 Å². The number of nitrogens with one attached hydrogen (secondary N) is 2. The molecule has 2 N–H and O–H groups in total. The third kappa shape index (κ3) is 2.89. The number of anilines is 1. The van der Waals surface area contributed by atoms with Crippen LogP contribution in [-0.4, -0.2) is 54.3 Å². The summed E-state index contributed by atoms with van der Waals surface area (Å²) in [6.07, 6.45) is 0.674. The van der Waals surface area contributed by atoms with Crippen molar-refractivity contribution in [1.29, 1.82) is 0 Å². The molecule has 3 amide bonds. The van der Waals surface area contributed by atoms with Crippen LogP contribution in [0.5, 0.6) is 0 Å². The second-order valence-electron chi connectivity index (χ2n) is 7.04. The summed E-state index contributed by atoms with van der Waals surface area (Å²) in [6.45, 7) is 5.40. The number of imide groups is 1. The summed E-state index contributed by atoms with van der Waals surface area (Å²) in [5.41, 5.74) is 2.74. The summed E-state index contributed by atoms with van der Waals surface area (Å²) < 4.78 is 0. The zero-order valence-electron chi connectivity index (χ0n) is 14.2. The van der Waals surface area contributed by atoms with Crippen molar-refractivity contribution in [3.05, 3.63) is 29.3 Å². The number of benzene rings is 1. The lowest BCUT2D eigenvalue weighted by Crippen LogP contribution is -2.52. The fourth-order valence-corrected chi connectivity index (χ4v) is 3.92. The van der Waals surface area contributed by atoms with Crippen LogP contribution >= 0.6 is 0 Å². The second kappa shape index (κ2) is 6.15. The van der Waals surface area contributed by atoms with Crippen molar-refractivity contribution in [3.63, 3.8) is 0 Å². The number of amides is 3. The van der Waals surface area contributed by atoms with Crippen LogP contribution in [0.1, 0.15) is 35.7 Å². The molecule has 132 valence electrons. The third-order valence-electron chi connectivity index (χ3n) is 5.24. The maximum atomic E-state index is 12.7. The Labute approximate surface area is 146 Å². The Hall–Kier alpha value is -2.41. The Bertz CT molecular complexity index is 748. The molecule has 0 aliphatic carbocycles. The van der Waals surface area contributed by atoms with Gasteiger partial charge in [-0.3, -0.25) is 19.7 Å². The van der Waals surface area contributed by atoms with Crippen LogP contribution in [0.3, 0.4) is 0 Å². The minimum atomic E-state index is -0.555. The van der Waals surface area contributed by atoms with E-state index in [2.05, 4.69) is 28.5 Å². The molecule has 1 aromatic carbocycles. The van der Waals surface area contributed by atoms with Crippen molar-refractivity contribution in [2.75, 3.05) is 24.5 Å². The Kier molecular flexibility index (Phi) is 3.95. The molecular weight excluding hydrogens is 320 g/mol. The molecule has 25 heavy (non-hydrogen) atoms. The molecule has 0 bridgehead atoms. The lowest BCUT2D eigenvalue weighted by molar-refractivity contribution is -0.136. The van der Waals surface area contributed by atoms with E-state index in [-0.39, 0.29) is 24.1 Å². The zero-order chi connectivity index (χ0) is 17.6. The van der Waals surface area contributed by atoms with Gasteiger partial charge in [0.1, 0.15) is 6.04 Å². The molecule has 0 unspecified atom stereocenters. The number of carbonyl (C=O) groups excluding carboxylic acids is 3. The molecule has 0 saturated carbocycles. The van der Waals surface area contributed by atoms with E-state index in [1.165, 1.54) is 0 Å². The highest BCUT2D eigenvalue weighted by Gasteiger charge is 2.39. The number of hydrogen-bond acceptors (Lipinski definition) is 5. The van der Waals surface area contributed by atoms with E-state index in [4.69, 9.17) is 0 Å². The molecule has 2 fully saturated rings. The molecular formula is C18H22N4O3. The normalized spacial score (nSPS) is 26.7. The van der Waals surface area contributed by atoms with Crippen molar-refractivity contribution < 1.29 is 14.4 Å². The molecule has 2 atom stereocenters. The summed E-state index contributed by atoms with van der Waals surface area (Å²) in [4.78, 5) is 40.0. The van der Waals surface area contributed by atoms with Crippen LogP contribution < -0.4 is 15.5 Å². The smallest absolute Gasteiger partial charge is 0.255 e. The number of piperazine rings is 1. The quantitative estimate of drug-likeness (QED) is 0.753. The Balaban J connectivity index is 1.55. The predicted molar refractivity (Wildman–Crippen MR) is 92.2 cm³/mol. The summed E-state index contributed by atoms with van der Waals surface area (Å²) >= 11 is 0. The first-order valence-electron chi connectivity index (χ1n) is 8.79. The molecule has 4 rings (SSSR count). The van der Waals surface area contributed by atoms with Crippen molar-refractivity contribution in [1.82, 2.24) is 15.5 Å². The first-order chi connectivity index (χ1) is 12.0. The van der Waals surface area contributed by atoms with Gasteiger partial charge in [-0.25, -0.2) is 0 Å². The van der Waals surface area contributed by atoms with Gasteiger partial charge in [-0.2, -0.15) is 0 Å². The second-order valence-corrected chi connectivity index (χ2v) is 7.04. The van der Waals surface area contributed by atoms with Crippen LogP contribution in [0.15, 0.2) is 18.2 Å². The van der Waals surface area contributed by atoms with E-state index in [9.17, 15) is 14.4 Å². The Morgan fingerprint density at radius 1 is 1.20 bits per heavy atom. The lowest BCUT2D eigenvalue weighted by Gasteiger charge is -2.33. The highest BCUT2D eigenvalue weighted by atomic mass is 16.2. The summed E-state index contributed by atoms with van der Waals surface area (Å²) in [6, 6.07) is 5.80. The minimum absolute atomic E-state index is 0.121. The van der Waals surface area contributed by atoms with Gasteiger partial charge in [0.15, 0.2) is 0 Å². The van der Waals surface area contributed by atoms with Gasteiger partial charge >= 0.3 is 0 Å². The van der Waals surface area contributed by atoms with Gasteiger partial charge < -0.3 is 15.1 Å². The topological polar surface area (TPSA) is 81.8 Å². The predicted octanol–water partition coefficient (Wildman–Crippen LogP) is 0.246. The molecule has 3 heterocycles. The fourth-order valence-electron chi connectivity index (χ4n) is 3.92. The maximum absolute atomic E-state index is 12.7. The lowest BCUT2D eigenvalue weighted by atomic mass is 10.0. The van der Waals surface area contributed by atoms with Gasteiger partial charge in [0.25, 0.3) is 5.91 Å². The number of hydrogen-bond donors (Lipinski definition) is 2. The van der Waals surface area contributed by atoms with Gasteiger partial charge in [0.05, 0.1) is 0 Å². The Morgan fingerprint density at radius 3 is 2.80 bits per heavy atom. The van der Waals surface area contributed by atoms with E-state index in [1.807, 2.05) is 12.1 Å². The van der Waals surface area contributed by atoms with Crippen molar-refractivity contribution in [2.24, 2.45) is 0 Å². The van der Waals surface area contributed by atoms with E-state index < -0.39 is 6.04 Å². The molecule has 3 aliphatic heterocycles. The van der Waals surface area contributed by atoms with Gasteiger partial charge in [0.2, 0.25) is 11.8 Å². The van der Waals surface area contributed by atoms with Crippen molar-refractivity contribution in [3.8, 4) is 0 Å². The van der Waals surface area contributed by atoms with E-state index in [1.54, 1.807) is 4.90 Å². The van der Waals surface area contributed by atoms with Gasteiger partial charge in [-0.05, 0) is 37.1 Å². The molecule has 3 aliphatic rings. The number of rotatable bonds is 2. The molecule has 1 aromatic rings. The van der Waals surface area contributed by atoms with Crippen molar-refractivity contribution in [2.45, 2.75) is 38.4 Å². The SMILES string of the molecule is C[C@@H]1CN(c2ccc3c(c2)CN([C@H]2CCC(=O)NC2=O)C3=O)CCN1. The standard InChI is InChI=1S/C18H22N4O3/c1-11-9-21(7-6-19-11)13-2-3-14-12(8-13)10-22(18(14)25)15-4-5-16(23)20-17(15)24/h2-3,8,11,15,19H,4-7,9-10H2,1H3,(H,20,23,24)/t11-,15+/m1/s1. The van der Waals surface area contributed by atoms with E-state index >= 15 is 0 Å². The molecule has 7 nitrogen and oxygen atoms in total. The van der Waals surface area contributed by atoms with Crippen LogP contribution in [0.4, 0.5) is 5.69 Å². The highest BCUT2D eigenvalue weighted by molar-refractivity contribution is 6.05. The van der Waals surface area contributed by atoms with Crippen LogP contribution in [-0.2, 0) is 16.1 Å². The van der Waals surface area contributed by atoms with E-state index in [0.717, 1.165) is 30.9 Å². The molecule has 0 spiro atoms. The highest BCUT2D eigenvalue weighted by Crippen LogP contribution is 2.30. The average Bonchev–Trinajstić information content (AvgIpc) is 2.91. The molecule has 0 aromatic heterocycles. The Morgan fingerprint density at radius 2 is 2.04 bits per heavy atom. The van der Waals surface area contributed by atoms with Crippen LogP contribution in [0.2, 0.25) is 0 Å². The first kappa shape index (κ1) is 16.1. The monoisotopic (exact) mass is 342 g/mol. The summed E-state index contributed by atoms with van der Waals surface area (Å²) in [5.74, 6) is -0.751. The first-order valence-corrected chi connectivity index (χ1v) is 8.79.